The Morgan fingerprint density at radius 3 is 2.42 bits per heavy atom. The van der Waals surface area contributed by atoms with E-state index in [4.69, 9.17) is 4.74 Å². The first kappa shape index (κ1) is 13.6. The lowest BCUT2D eigenvalue weighted by Crippen LogP contribution is -2.31. The summed E-state index contributed by atoms with van der Waals surface area (Å²) in [6.45, 7) is 2.27. The lowest BCUT2D eigenvalue weighted by Gasteiger charge is -2.11. The third-order valence-corrected chi connectivity index (χ3v) is 2.76. The summed E-state index contributed by atoms with van der Waals surface area (Å²) in [7, 11) is -1.76. The van der Waals surface area contributed by atoms with E-state index in [-0.39, 0.29) is 17.8 Å². The van der Waals surface area contributed by atoms with Crippen molar-refractivity contribution >= 4 is 12.6 Å². The number of halogens is 1. The van der Waals surface area contributed by atoms with Crippen molar-refractivity contribution in [1.29, 1.82) is 0 Å². The third-order valence-electron chi connectivity index (χ3n) is 2.76. The smallest absolute Gasteiger partial charge is 0.489 e. The molecular weight excluding hydrogens is 246 g/mol. The van der Waals surface area contributed by atoms with Crippen LogP contribution < -0.4 is 10.2 Å². The Labute approximate surface area is 111 Å². The Kier molecular flexibility index (Phi) is 4.19. The van der Waals surface area contributed by atoms with Crippen molar-refractivity contribution in [3.8, 4) is 5.75 Å². The van der Waals surface area contributed by atoms with Crippen LogP contribution in [-0.4, -0.2) is 17.2 Å². The van der Waals surface area contributed by atoms with Crippen LogP contribution in [-0.2, 0) is 6.61 Å². The zero-order chi connectivity index (χ0) is 13.8. The second kappa shape index (κ2) is 5.86. The van der Waals surface area contributed by atoms with Crippen molar-refractivity contribution in [2.75, 3.05) is 0 Å². The average molecular weight is 260 g/mol. The van der Waals surface area contributed by atoms with Crippen LogP contribution in [0.5, 0.6) is 5.75 Å². The molecule has 0 aromatic heterocycles. The van der Waals surface area contributed by atoms with Crippen molar-refractivity contribution in [2.45, 2.75) is 13.5 Å². The zero-order valence-corrected chi connectivity index (χ0v) is 10.5. The van der Waals surface area contributed by atoms with Crippen molar-refractivity contribution in [3.05, 3.63) is 59.4 Å². The second-order valence-electron chi connectivity index (χ2n) is 4.33. The predicted molar refractivity (Wildman–Crippen MR) is 71.7 cm³/mol. The molecule has 2 N–H and O–H groups in total. The molecule has 2 rings (SSSR count). The van der Waals surface area contributed by atoms with Gasteiger partial charge in [0.2, 0.25) is 0 Å². The average Bonchev–Trinajstić information content (AvgIpc) is 2.39. The summed E-state index contributed by atoms with van der Waals surface area (Å²) in [5.74, 6) is -0.275. The Hall–Kier alpha value is -1.85. The SMILES string of the molecule is Cc1ccc(COc2ccc(F)cc2B(O)O)cc1. The van der Waals surface area contributed by atoms with E-state index >= 15 is 0 Å². The first-order valence-electron chi connectivity index (χ1n) is 5.90. The van der Waals surface area contributed by atoms with Crippen LogP contribution >= 0.6 is 0 Å². The first-order valence-corrected chi connectivity index (χ1v) is 5.90. The van der Waals surface area contributed by atoms with Crippen LogP contribution in [0.25, 0.3) is 0 Å². The van der Waals surface area contributed by atoms with E-state index in [1.165, 1.54) is 12.1 Å². The molecule has 19 heavy (non-hydrogen) atoms. The summed E-state index contributed by atoms with van der Waals surface area (Å²) < 4.78 is 18.5. The fraction of sp³-hybridized carbons (Fsp3) is 0.143. The molecule has 0 radical (unpaired) electrons. The fourth-order valence-electron chi connectivity index (χ4n) is 1.70. The van der Waals surface area contributed by atoms with Crippen LogP contribution in [0.2, 0.25) is 0 Å². The molecule has 0 fully saturated rings. The minimum Gasteiger partial charge on any atom is -0.489 e. The Morgan fingerprint density at radius 1 is 1.11 bits per heavy atom. The van der Waals surface area contributed by atoms with Gasteiger partial charge < -0.3 is 14.8 Å². The number of ether oxygens (including phenoxy) is 1. The molecule has 0 heterocycles. The van der Waals surface area contributed by atoms with Gasteiger partial charge >= 0.3 is 7.12 Å². The molecule has 0 aliphatic rings. The summed E-state index contributed by atoms with van der Waals surface area (Å²) >= 11 is 0. The molecule has 0 aliphatic heterocycles. The molecule has 2 aromatic rings. The standard InChI is InChI=1S/C14H14BFO3/c1-10-2-4-11(5-3-10)9-19-14-7-6-12(16)8-13(14)15(17)18/h2-8,17-18H,9H2,1H3. The molecule has 0 saturated carbocycles. The number of rotatable bonds is 4. The minimum atomic E-state index is -1.76. The highest BCUT2D eigenvalue weighted by Crippen LogP contribution is 2.12. The molecule has 3 nitrogen and oxygen atoms in total. The highest BCUT2D eigenvalue weighted by Gasteiger charge is 2.18. The van der Waals surface area contributed by atoms with Crippen molar-refractivity contribution in [1.82, 2.24) is 0 Å². The summed E-state index contributed by atoms with van der Waals surface area (Å²) in [6, 6.07) is 11.4. The third kappa shape index (κ3) is 3.56. The highest BCUT2D eigenvalue weighted by atomic mass is 19.1. The van der Waals surface area contributed by atoms with Gasteiger partial charge in [0, 0.05) is 5.46 Å². The van der Waals surface area contributed by atoms with E-state index in [1.807, 2.05) is 31.2 Å². The van der Waals surface area contributed by atoms with Gasteiger partial charge in [-0.15, -0.1) is 0 Å². The van der Waals surface area contributed by atoms with Gasteiger partial charge in [0.25, 0.3) is 0 Å². The molecule has 0 atom stereocenters. The molecule has 0 amide bonds. The topological polar surface area (TPSA) is 49.7 Å². The quantitative estimate of drug-likeness (QED) is 0.817. The van der Waals surface area contributed by atoms with Crippen molar-refractivity contribution in [2.24, 2.45) is 0 Å². The van der Waals surface area contributed by atoms with Crippen molar-refractivity contribution in [3.63, 3.8) is 0 Å². The van der Waals surface area contributed by atoms with Gasteiger partial charge in [-0.05, 0) is 30.7 Å². The summed E-state index contributed by atoms with van der Waals surface area (Å²) in [5, 5.41) is 18.3. The van der Waals surface area contributed by atoms with Gasteiger partial charge in [0.15, 0.2) is 0 Å². The number of hydrogen-bond donors (Lipinski definition) is 2. The van der Waals surface area contributed by atoms with Crippen LogP contribution in [0.3, 0.4) is 0 Å². The Morgan fingerprint density at radius 2 is 1.79 bits per heavy atom. The summed E-state index contributed by atoms with van der Waals surface area (Å²) in [6.07, 6.45) is 0. The van der Waals surface area contributed by atoms with Gasteiger partial charge in [-0.25, -0.2) is 4.39 Å². The maximum atomic E-state index is 13.0. The number of benzene rings is 2. The molecule has 98 valence electrons. The zero-order valence-electron chi connectivity index (χ0n) is 10.5. The minimum absolute atomic E-state index is 0.0205. The second-order valence-corrected chi connectivity index (χ2v) is 4.33. The van der Waals surface area contributed by atoms with E-state index in [0.717, 1.165) is 17.2 Å². The van der Waals surface area contributed by atoms with E-state index in [0.29, 0.717) is 0 Å². The maximum absolute atomic E-state index is 13.0. The summed E-state index contributed by atoms with van der Waals surface area (Å²) in [5.41, 5.74) is 2.12. The molecular formula is C14H14BFO3. The molecule has 0 spiro atoms. The normalized spacial score (nSPS) is 10.3. The largest absolute Gasteiger partial charge is 0.492 e. The lowest BCUT2D eigenvalue weighted by molar-refractivity contribution is 0.306. The van der Waals surface area contributed by atoms with Gasteiger partial charge in [0.1, 0.15) is 18.2 Å². The van der Waals surface area contributed by atoms with Gasteiger partial charge in [-0.1, -0.05) is 29.8 Å². The first-order chi connectivity index (χ1) is 9.06. The molecule has 0 bridgehead atoms. The monoisotopic (exact) mass is 260 g/mol. The predicted octanol–water partition coefficient (Wildman–Crippen LogP) is 1.39. The Balaban J connectivity index is 2.13. The number of aryl methyl sites for hydroxylation is 1. The lowest BCUT2D eigenvalue weighted by atomic mass is 9.79. The van der Waals surface area contributed by atoms with E-state index in [2.05, 4.69) is 0 Å². The van der Waals surface area contributed by atoms with E-state index in [1.54, 1.807) is 0 Å². The van der Waals surface area contributed by atoms with E-state index in [9.17, 15) is 14.4 Å². The highest BCUT2D eigenvalue weighted by molar-refractivity contribution is 6.59. The molecule has 0 aliphatic carbocycles. The van der Waals surface area contributed by atoms with Crippen LogP contribution in [0.4, 0.5) is 4.39 Å². The fourth-order valence-corrected chi connectivity index (χ4v) is 1.70. The van der Waals surface area contributed by atoms with Crippen LogP contribution in [0.1, 0.15) is 11.1 Å². The Bertz CT molecular complexity index is 555. The van der Waals surface area contributed by atoms with Crippen molar-refractivity contribution < 1.29 is 19.2 Å². The van der Waals surface area contributed by atoms with Crippen LogP contribution in [0, 0.1) is 12.7 Å². The molecule has 0 saturated heterocycles. The van der Waals surface area contributed by atoms with Crippen LogP contribution in [0.15, 0.2) is 42.5 Å². The van der Waals surface area contributed by atoms with E-state index < -0.39 is 12.9 Å². The molecule has 5 heteroatoms. The van der Waals surface area contributed by atoms with Gasteiger partial charge in [-0.2, -0.15) is 0 Å². The maximum Gasteiger partial charge on any atom is 0.492 e. The van der Waals surface area contributed by atoms with Gasteiger partial charge in [0.05, 0.1) is 0 Å². The molecule has 2 aromatic carbocycles. The number of hydrogen-bond acceptors (Lipinski definition) is 3. The molecule has 0 unspecified atom stereocenters. The van der Waals surface area contributed by atoms with Gasteiger partial charge in [-0.3, -0.25) is 0 Å². The summed E-state index contributed by atoms with van der Waals surface area (Å²) in [4.78, 5) is 0.